The Morgan fingerprint density at radius 3 is 2.57 bits per heavy atom. The molecule has 0 heterocycles. The van der Waals surface area contributed by atoms with Crippen LogP contribution in [-0.2, 0) is 0 Å². The van der Waals surface area contributed by atoms with Crippen LogP contribution in [0.5, 0.6) is 0 Å². The van der Waals surface area contributed by atoms with E-state index in [1.807, 2.05) is 17.8 Å². The molecule has 1 aromatic carbocycles. The number of hydrogen-bond donors (Lipinski definition) is 1. The average molecular weight is 297 g/mol. The maximum Gasteiger partial charge on any atom is 0.0311 e. The molecule has 4 heteroatoms. The second kappa shape index (κ2) is 8.60. The lowest BCUT2D eigenvalue weighted by atomic mass is 10.3. The molecule has 0 fully saturated rings. The van der Waals surface area contributed by atoms with Gasteiger partial charge in [-0.3, -0.25) is 0 Å². The molecule has 0 aliphatic heterocycles. The van der Waals surface area contributed by atoms with E-state index in [1.54, 1.807) is 0 Å². The van der Waals surface area contributed by atoms with E-state index in [9.17, 15) is 0 Å². The van der Waals surface area contributed by atoms with Crippen molar-refractivity contribution in [2.75, 3.05) is 12.3 Å². The molecule has 80 valence electrons. The Kier molecular flexibility index (Phi) is 8.78. The van der Waals surface area contributed by atoms with Crippen molar-refractivity contribution in [1.29, 1.82) is 0 Å². The molecular weight excluding hydrogens is 282 g/mol. The average Bonchev–Trinajstić information content (AvgIpc) is 2.15. The lowest BCUT2D eigenvalue weighted by molar-refractivity contribution is 0.814. The van der Waals surface area contributed by atoms with Crippen molar-refractivity contribution >= 4 is 40.1 Å². The lowest BCUT2D eigenvalue weighted by Crippen LogP contribution is -1.98. The Bertz CT molecular complexity index is 258. The first kappa shape index (κ1) is 14.3. The Morgan fingerprint density at radius 2 is 1.93 bits per heavy atom. The van der Waals surface area contributed by atoms with Crippen LogP contribution >= 0.6 is 40.1 Å². The van der Waals surface area contributed by atoms with Gasteiger partial charge in [-0.05, 0) is 53.2 Å². The first-order chi connectivity index (χ1) is 6.34. The van der Waals surface area contributed by atoms with Gasteiger partial charge in [-0.2, -0.15) is 0 Å². The minimum Gasteiger partial charge on any atom is -0.330 e. The lowest BCUT2D eigenvalue weighted by Gasteiger charge is -2.02. The van der Waals surface area contributed by atoms with Crippen LogP contribution in [0, 0.1) is 0 Å². The first-order valence-corrected chi connectivity index (χ1v) is 6.20. The summed E-state index contributed by atoms with van der Waals surface area (Å²) >= 11 is 5.40. The van der Waals surface area contributed by atoms with Crippen LogP contribution in [0.3, 0.4) is 0 Å². The minimum absolute atomic E-state index is 0. The van der Waals surface area contributed by atoms with Crippen LogP contribution in [-0.4, -0.2) is 12.3 Å². The Labute approximate surface area is 104 Å². The summed E-state index contributed by atoms with van der Waals surface area (Å²) in [5.74, 6) is 1.15. The molecule has 14 heavy (non-hydrogen) atoms. The van der Waals surface area contributed by atoms with Crippen LogP contribution in [0.25, 0.3) is 0 Å². The molecule has 1 aromatic rings. The van der Waals surface area contributed by atoms with Crippen LogP contribution < -0.4 is 5.73 Å². The molecule has 0 atom stereocenters. The first-order valence-electron chi connectivity index (χ1n) is 4.42. The van der Waals surface area contributed by atoms with Gasteiger partial charge in [0.25, 0.3) is 0 Å². The number of nitrogens with two attached hydrogens (primary N) is 1. The molecule has 0 spiro atoms. The van der Waals surface area contributed by atoms with Gasteiger partial charge in [-0.15, -0.1) is 24.2 Å². The summed E-state index contributed by atoms with van der Waals surface area (Å²) < 4.78 is 1.19. The van der Waals surface area contributed by atoms with Gasteiger partial charge in [-0.1, -0.05) is 12.1 Å². The van der Waals surface area contributed by atoms with E-state index < -0.39 is 0 Å². The third-order valence-electron chi connectivity index (χ3n) is 1.69. The highest BCUT2D eigenvalue weighted by molar-refractivity contribution is 9.10. The highest BCUT2D eigenvalue weighted by atomic mass is 79.9. The number of hydrogen-bond acceptors (Lipinski definition) is 2. The Hall–Kier alpha value is 0.300. The van der Waals surface area contributed by atoms with E-state index in [0.29, 0.717) is 0 Å². The van der Waals surface area contributed by atoms with Gasteiger partial charge < -0.3 is 5.73 Å². The van der Waals surface area contributed by atoms with Crippen molar-refractivity contribution in [1.82, 2.24) is 0 Å². The molecule has 0 amide bonds. The number of thioether (sulfide) groups is 1. The molecule has 0 aromatic heterocycles. The number of rotatable bonds is 5. The van der Waals surface area contributed by atoms with E-state index in [0.717, 1.165) is 18.7 Å². The van der Waals surface area contributed by atoms with E-state index in [2.05, 4.69) is 34.1 Å². The maximum atomic E-state index is 5.42. The molecular formula is C10H15BrClNS. The third kappa shape index (κ3) is 5.25. The number of unbranched alkanes of at least 4 members (excludes halogenated alkanes) is 1. The molecule has 1 rings (SSSR count). The second-order valence-electron chi connectivity index (χ2n) is 2.77. The van der Waals surface area contributed by atoms with Crippen LogP contribution in [0.15, 0.2) is 33.6 Å². The van der Waals surface area contributed by atoms with Crippen LogP contribution in [0.4, 0.5) is 0 Å². The summed E-state index contributed by atoms with van der Waals surface area (Å²) in [4.78, 5) is 1.32. The molecule has 1 nitrogen and oxygen atoms in total. The Balaban J connectivity index is 0.00000169. The zero-order valence-electron chi connectivity index (χ0n) is 7.91. The normalized spacial score (nSPS) is 9.57. The zero-order chi connectivity index (χ0) is 9.52. The van der Waals surface area contributed by atoms with Crippen molar-refractivity contribution in [3.63, 3.8) is 0 Å². The third-order valence-corrected chi connectivity index (χ3v) is 3.81. The monoisotopic (exact) mass is 295 g/mol. The second-order valence-corrected chi connectivity index (χ2v) is 4.77. The summed E-state index contributed by atoms with van der Waals surface area (Å²) in [5.41, 5.74) is 5.42. The molecule has 0 unspecified atom stereocenters. The van der Waals surface area contributed by atoms with Crippen molar-refractivity contribution in [2.45, 2.75) is 17.7 Å². The van der Waals surface area contributed by atoms with Crippen molar-refractivity contribution in [2.24, 2.45) is 5.73 Å². The van der Waals surface area contributed by atoms with Gasteiger partial charge in [0.05, 0.1) is 0 Å². The maximum absolute atomic E-state index is 5.42. The molecule has 0 radical (unpaired) electrons. The number of benzene rings is 1. The smallest absolute Gasteiger partial charge is 0.0311 e. The van der Waals surface area contributed by atoms with E-state index in [-0.39, 0.29) is 12.4 Å². The summed E-state index contributed by atoms with van der Waals surface area (Å²) in [5, 5.41) is 0. The van der Waals surface area contributed by atoms with E-state index >= 15 is 0 Å². The van der Waals surface area contributed by atoms with E-state index in [4.69, 9.17) is 5.73 Å². The minimum atomic E-state index is 0. The van der Waals surface area contributed by atoms with Gasteiger partial charge in [-0.25, -0.2) is 0 Å². The largest absolute Gasteiger partial charge is 0.330 e. The highest BCUT2D eigenvalue weighted by Crippen LogP contribution is 2.27. The predicted octanol–water partition coefficient (Wildman–Crippen LogP) is 3.70. The SMILES string of the molecule is Cl.NCCCCSc1ccccc1Br. The quantitative estimate of drug-likeness (QED) is 0.662. The van der Waals surface area contributed by atoms with Crippen LogP contribution in [0.2, 0.25) is 0 Å². The van der Waals surface area contributed by atoms with E-state index in [1.165, 1.54) is 15.8 Å². The van der Waals surface area contributed by atoms with Crippen molar-refractivity contribution in [3.8, 4) is 0 Å². The summed E-state index contributed by atoms with van der Waals surface area (Å²) in [6, 6.07) is 8.31. The van der Waals surface area contributed by atoms with Crippen molar-refractivity contribution < 1.29 is 0 Å². The molecule has 0 saturated carbocycles. The summed E-state index contributed by atoms with van der Waals surface area (Å²) in [7, 11) is 0. The standard InChI is InChI=1S/C10H14BrNS.ClH/c11-9-5-1-2-6-10(9)13-8-4-3-7-12;/h1-2,5-6H,3-4,7-8,12H2;1H. The summed E-state index contributed by atoms with van der Waals surface area (Å²) in [6.45, 7) is 0.802. The zero-order valence-corrected chi connectivity index (χ0v) is 11.1. The molecule has 0 saturated heterocycles. The number of halogens is 2. The topological polar surface area (TPSA) is 26.0 Å². The summed E-state index contributed by atoms with van der Waals surface area (Å²) in [6.07, 6.45) is 2.32. The van der Waals surface area contributed by atoms with Gasteiger partial charge >= 0.3 is 0 Å². The fourth-order valence-corrected chi connectivity index (χ4v) is 2.57. The van der Waals surface area contributed by atoms with Crippen molar-refractivity contribution in [3.05, 3.63) is 28.7 Å². The van der Waals surface area contributed by atoms with Gasteiger partial charge in [0, 0.05) is 9.37 Å². The fraction of sp³-hybridized carbons (Fsp3) is 0.400. The highest BCUT2D eigenvalue weighted by Gasteiger charge is 1.97. The van der Waals surface area contributed by atoms with Gasteiger partial charge in [0.15, 0.2) is 0 Å². The molecule has 0 aliphatic rings. The molecule has 2 N–H and O–H groups in total. The Morgan fingerprint density at radius 1 is 1.21 bits per heavy atom. The van der Waals surface area contributed by atoms with Gasteiger partial charge in [0.2, 0.25) is 0 Å². The van der Waals surface area contributed by atoms with Crippen LogP contribution in [0.1, 0.15) is 12.8 Å². The molecule has 0 aliphatic carbocycles. The predicted molar refractivity (Wildman–Crippen MR) is 70.4 cm³/mol. The molecule has 0 bridgehead atoms. The van der Waals surface area contributed by atoms with Gasteiger partial charge in [0.1, 0.15) is 0 Å². The fourth-order valence-electron chi connectivity index (χ4n) is 0.990.